The van der Waals surface area contributed by atoms with Crippen molar-refractivity contribution in [3.05, 3.63) is 152 Å². The van der Waals surface area contributed by atoms with Crippen molar-refractivity contribution in [1.29, 1.82) is 5.26 Å². The second-order valence-corrected chi connectivity index (χ2v) is 15.6. The van der Waals surface area contributed by atoms with Gasteiger partial charge in [0.25, 0.3) is 37.1 Å². The van der Waals surface area contributed by atoms with E-state index in [1.165, 1.54) is 91.3 Å². The third kappa shape index (κ3) is 9.02. The van der Waals surface area contributed by atoms with Crippen molar-refractivity contribution < 1.29 is 31.5 Å². The van der Waals surface area contributed by atoms with Gasteiger partial charge in [0.2, 0.25) is 0 Å². The molecule has 0 spiro atoms. The number of nitrogens with one attached hydrogen (secondary N) is 5. The molecule has 0 saturated carbocycles. The van der Waals surface area contributed by atoms with Crippen LogP contribution in [0.5, 0.6) is 0 Å². The maximum absolute atomic E-state index is 13.0. The van der Waals surface area contributed by atoms with Gasteiger partial charge in [-0.25, -0.2) is 31.9 Å². The van der Waals surface area contributed by atoms with E-state index in [0.29, 0.717) is 22.0 Å². The number of nitro benzene ring substituents is 2. The Hall–Kier alpha value is -8.41. The van der Waals surface area contributed by atoms with Gasteiger partial charge in [-0.2, -0.15) is 20.1 Å². The monoisotopic (exact) mass is 834 g/mol. The molecule has 0 atom stereocenters. The number of carbonyl (C=O) groups is 1. The number of carbonyl (C=O) groups excluding carboxylic acids is 1. The number of aryl methyl sites for hydroxylation is 1. The van der Waals surface area contributed by atoms with Crippen LogP contribution in [0.3, 0.4) is 0 Å². The lowest BCUT2D eigenvalue weighted by Crippen LogP contribution is -2.33. The van der Waals surface area contributed by atoms with E-state index in [1.54, 1.807) is 25.1 Å². The van der Waals surface area contributed by atoms with Gasteiger partial charge in [-0.15, -0.1) is 0 Å². The number of hydrazine groups is 1. The number of rotatable bonds is 10. The van der Waals surface area contributed by atoms with Crippen molar-refractivity contribution in [1.82, 2.24) is 25.4 Å². The number of nitrogens with zero attached hydrogens (tertiary/aromatic N) is 7. The average Bonchev–Trinajstić information content (AvgIpc) is 3.86. The molecule has 21 nitrogen and oxygen atoms in total. The highest BCUT2D eigenvalue weighted by Crippen LogP contribution is 2.31. The first kappa shape index (κ1) is 40.3. The average molecular weight is 835 g/mol. The number of nitro groups is 2. The van der Waals surface area contributed by atoms with E-state index < -0.39 is 41.6 Å². The van der Waals surface area contributed by atoms with E-state index >= 15 is 0 Å². The van der Waals surface area contributed by atoms with Gasteiger partial charge in [0.15, 0.2) is 0 Å². The zero-order chi connectivity index (χ0) is 42.5. The van der Waals surface area contributed by atoms with Gasteiger partial charge in [0, 0.05) is 28.6 Å². The third-order valence-corrected chi connectivity index (χ3v) is 11.0. The van der Waals surface area contributed by atoms with Crippen LogP contribution < -0.4 is 20.3 Å². The summed E-state index contributed by atoms with van der Waals surface area (Å²) in [5, 5.41) is 42.3. The van der Waals surface area contributed by atoms with Gasteiger partial charge >= 0.3 is 6.03 Å². The molecule has 0 aliphatic rings. The van der Waals surface area contributed by atoms with Gasteiger partial charge in [-0.3, -0.25) is 40.2 Å². The minimum Gasteiger partial charge on any atom is -0.297 e. The van der Waals surface area contributed by atoms with Crippen molar-refractivity contribution in [3.63, 3.8) is 0 Å². The standard InChI is InChI=1S/C28H22N8O7S2.C8H4N4O2/c1-18-4-2-6-24(12-18)44(40,41)34-23-5-3-7-25(14-23)45(42,43)33-22-10-8-21(9-11-22)31-32-28(37)35-26-15-27(36(38)39)19(16-29)13-20(26)17-30-35;1-9-7-2-5-4-10-11-6(5)3-8(7)12(13)14/h2-15,17,31,33-34H,1H3,(H,32,37);2-4H,(H,10,11). The molecular weight excluding hydrogens is 809 g/mol. The topological polar surface area (TPSA) is 294 Å². The molecule has 0 saturated heterocycles. The number of amides is 1. The predicted molar refractivity (Wildman–Crippen MR) is 213 cm³/mol. The summed E-state index contributed by atoms with van der Waals surface area (Å²) in [6.45, 7) is 8.55. The normalized spacial score (nSPS) is 11.0. The number of nitriles is 1. The second kappa shape index (κ2) is 16.4. The predicted octanol–water partition coefficient (Wildman–Crippen LogP) is 6.33. The molecule has 2 heterocycles. The first-order valence-corrected chi connectivity index (χ1v) is 19.5. The minimum atomic E-state index is -4.12. The zero-order valence-electron chi connectivity index (χ0n) is 30.0. The molecule has 2 aromatic heterocycles. The van der Waals surface area contributed by atoms with Crippen LogP contribution in [0.1, 0.15) is 11.1 Å². The first-order valence-electron chi connectivity index (χ1n) is 16.5. The molecule has 0 unspecified atom stereocenters. The van der Waals surface area contributed by atoms with E-state index in [2.05, 4.69) is 40.4 Å². The highest BCUT2D eigenvalue weighted by Gasteiger charge is 2.21. The Kier molecular flexibility index (Phi) is 11.2. The van der Waals surface area contributed by atoms with E-state index in [9.17, 15) is 41.9 Å². The summed E-state index contributed by atoms with van der Waals surface area (Å²) >= 11 is 0. The maximum atomic E-state index is 13.0. The molecular formula is C36H26N12O9S2. The molecule has 7 aromatic rings. The van der Waals surface area contributed by atoms with Gasteiger partial charge in [-0.05, 0) is 79.2 Å². The molecule has 23 heteroatoms. The lowest BCUT2D eigenvalue weighted by atomic mass is 10.1. The summed E-state index contributed by atoms with van der Waals surface area (Å²) in [6.07, 6.45) is 2.81. The molecule has 296 valence electrons. The lowest BCUT2D eigenvalue weighted by molar-refractivity contribution is -0.385. The first-order chi connectivity index (χ1) is 28.1. The fraction of sp³-hybridized carbons (Fsp3) is 0.0278. The van der Waals surface area contributed by atoms with Crippen LogP contribution in [0.25, 0.3) is 26.7 Å². The highest BCUT2D eigenvalue weighted by molar-refractivity contribution is 7.93. The Morgan fingerprint density at radius 1 is 0.814 bits per heavy atom. The Bertz CT molecular complexity index is 3120. The summed E-state index contributed by atoms with van der Waals surface area (Å²) < 4.78 is 57.3. The van der Waals surface area contributed by atoms with E-state index in [0.717, 1.165) is 16.3 Å². The summed E-state index contributed by atoms with van der Waals surface area (Å²) in [5.41, 5.74) is 6.22. The molecule has 0 fully saturated rings. The largest absolute Gasteiger partial charge is 0.361 e. The quantitative estimate of drug-likeness (QED) is 0.0572. The van der Waals surface area contributed by atoms with Crippen molar-refractivity contribution >= 4 is 82.0 Å². The molecule has 0 radical (unpaired) electrons. The van der Waals surface area contributed by atoms with Crippen molar-refractivity contribution in [2.24, 2.45) is 0 Å². The fourth-order valence-electron chi connectivity index (χ4n) is 5.41. The smallest absolute Gasteiger partial charge is 0.297 e. The van der Waals surface area contributed by atoms with E-state index in [4.69, 9.17) is 11.8 Å². The molecule has 0 aliphatic carbocycles. The lowest BCUT2D eigenvalue weighted by Gasteiger charge is -2.13. The van der Waals surface area contributed by atoms with Crippen LogP contribution in [0.2, 0.25) is 0 Å². The van der Waals surface area contributed by atoms with Gasteiger partial charge in [0.1, 0.15) is 11.6 Å². The number of hydrogen-bond donors (Lipinski definition) is 5. The molecule has 0 aliphatic heterocycles. The van der Waals surface area contributed by atoms with Crippen molar-refractivity contribution in [2.45, 2.75) is 16.7 Å². The summed E-state index contributed by atoms with van der Waals surface area (Å²) in [7, 11) is -8.07. The molecule has 0 bridgehead atoms. The summed E-state index contributed by atoms with van der Waals surface area (Å²) in [5.74, 6) is 0. The minimum absolute atomic E-state index is 0.0314. The third-order valence-electron chi connectivity index (χ3n) is 8.19. The van der Waals surface area contributed by atoms with Crippen LogP contribution in [-0.4, -0.2) is 52.7 Å². The number of benzene rings is 5. The van der Waals surface area contributed by atoms with E-state index in [1.807, 2.05) is 0 Å². The Labute approximate surface area is 333 Å². The summed E-state index contributed by atoms with van der Waals surface area (Å²) in [4.78, 5) is 36.2. The SMILES string of the molecule is Cc1cccc(S(=O)(=O)Nc2cccc(S(=O)(=O)Nc3ccc(NNC(=O)n4ncc5cc(C#N)c([N+](=O)[O-])cc54)cc3)c2)c1.[C-]#[N+]c1cc2cn[nH]c2cc1[N+](=O)[O-]. The number of anilines is 3. The second-order valence-electron chi connectivity index (χ2n) is 12.2. The van der Waals surface area contributed by atoms with Gasteiger partial charge in [-0.1, -0.05) is 18.2 Å². The number of H-pyrrole nitrogens is 1. The maximum Gasteiger partial charge on any atom is 0.361 e. The number of aromatic amines is 1. The number of fused-ring (bicyclic) bond motifs is 2. The molecule has 59 heavy (non-hydrogen) atoms. The van der Waals surface area contributed by atoms with Crippen LogP contribution in [0.15, 0.2) is 119 Å². The van der Waals surface area contributed by atoms with Crippen LogP contribution in [0.4, 0.5) is 38.9 Å². The molecule has 5 N–H and O–H groups in total. The Balaban J connectivity index is 0.000000350. The van der Waals surface area contributed by atoms with Gasteiger partial charge < -0.3 is 0 Å². The molecule has 7 rings (SSSR count). The zero-order valence-corrected chi connectivity index (χ0v) is 31.6. The van der Waals surface area contributed by atoms with Crippen LogP contribution >= 0.6 is 0 Å². The molecule has 5 aromatic carbocycles. The Morgan fingerprint density at radius 2 is 1.46 bits per heavy atom. The van der Waals surface area contributed by atoms with Crippen molar-refractivity contribution in [2.75, 3.05) is 14.9 Å². The molecule has 1 amide bonds. The number of aromatic nitrogens is 4. The highest BCUT2D eigenvalue weighted by atomic mass is 32.2. The fourth-order valence-corrected chi connectivity index (χ4v) is 7.66. The number of sulfonamides is 2. The summed E-state index contributed by atoms with van der Waals surface area (Å²) in [6, 6.07) is 23.5. The number of hydrogen-bond acceptors (Lipinski definition) is 13. The van der Waals surface area contributed by atoms with Gasteiger partial charge in [0.05, 0.1) is 61.0 Å². The Morgan fingerprint density at radius 3 is 2.10 bits per heavy atom. The van der Waals surface area contributed by atoms with Crippen LogP contribution in [-0.2, 0) is 20.0 Å². The van der Waals surface area contributed by atoms with Crippen LogP contribution in [0, 0.1) is 45.1 Å². The van der Waals surface area contributed by atoms with E-state index in [-0.39, 0.29) is 43.6 Å². The van der Waals surface area contributed by atoms with Crippen molar-refractivity contribution in [3.8, 4) is 6.07 Å².